The van der Waals surface area contributed by atoms with Crippen molar-refractivity contribution in [2.75, 3.05) is 6.16 Å². The van der Waals surface area contributed by atoms with Crippen molar-refractivity contribution in [3.63, 3.8) is 0 Å². The van der Waals surface area contributed by atoms with Crippen molar-refractivity contribution in [1.82, 2.24) is 0 Å². The molecule has 0 aromatic heterocycles. The summed E-state index contributed by atoms with van der Waals surface area (Å²) < 4.78 is 0. The van der Waals surface area contributed by atoms with Gasteiger partial charge >= 0.3 is 0 Å². The quantitative estimate of drug-likeness (QED) is 0.273. The molecule has 1 saturated heterocycles. The molecule has 32 heavy (non-hydrogen) atoms. The lowest BCUT2D eigenvalue weighted by Gasteiger charge is -2.54. The fourth-order valence-electron chi connectivity index (χ4n) is 5.61. The topological polar surface area (TPSA) is 0 Å². The summed E-state index contributed by atoms with van der Waals surface area (Å²) >= 11 is 0. The minimum absolute atomic E-state index is 0.100. The molecule has 1 fully saturated rings. The maximum atomic E-state index is 2.38. The summed E-state index contributed by atoms with van der Waals surface area (Å²) in [5.41, 5.74) is 5.67. The van der Waals surface area contributed by atoms with E-state index < -0.39 is 0 Å². The van der Waals surface area contributed by atoms with Crippen LogP contribution in [0.1, 0.15) is 41.5 Å². The molecule has 0 radical (unpaired) electrons. The van der Waals surface area contributed by atoms with E-state index in [1.54, 1.807) is 0 Å². The second kappa shape index (κ2) is 9.70. The Morgan fingerprint density at radius 2 is 0.875 bits per heavy atom. The normalized spacial score (nSPS) is 19.2. The van der Waals surface area contributed by atoms with Crippen molar-refractivity contribution in [2.24, 2.45) is 0 Å². The van der Waals surface area contributed by atoms with Crippen LogP contribution in [0.3, 0.4) is 0 Å². The molecule has 2 heteroatoms. The Balaban J connectivity index is 1.93. The molecule has 0 bridgehead atoms. The highest BCUT2D eigenvalue weighted by atomic mass is 32.0. The zero-order chi connectivity index (χ0) is 21.7. The van der Waals surface area contributed by atoms with Gasteiger partial charge in [0.05, 0.1) is 5.16 Å². The minimum Gasteiger partial charge on any atom is -0.0980 e. The van der Waals surface area contributed by atoms with Crippen molar-refractivity contribution in [3.8, 4) is 0 Å². The second-order valence-electron chi connectivity index (χ2n) is 8.63. The van der Waals surface area contributed by atoms with Crippen molar-refractivity contribution in [3.05, 3.63) is 144 Å². The first-order valence-electron chi connectivity index (χ1n) is 11.6. The third-order valence-corrected chi connectivity index (χ3v) is 11.5. The fourth-order valence-corrected chi connectivity index (χ4v) is 10.9. The van der Waals surface area contributed by atoms with Gasteiger partial charge in [0.15, 0.2) is 0 Å². The monoisotopic (exact) mass is 452 g/mol. The predicted octanol–water partition coefficient (Wildman–Crippen LogP) is 8.37. The summed E-state index contributed by atoms with van der Waals surface area (Å²) in [6, 6.07) is 45.5. The van der Waals surface area contributed by atoms with E-state index in [-0.39, 0.29) is 10.6 Å². The van der Waals surface area contributed by atoms with E-state index in [1.165, 1.54) is 41.3 Å². The van der Waals surface area contributed by atoms with Gasteiger partial charge in [-0.25, -0.2) is 0 Å². The van der Waals surface area contributed by atoms with E-state index in [9.17, 15) is 0 Å². The zero-order valence-corrected chi connectivity index (χ0v) is 20.4. The number of hydrogen-bond donors (Lipinski definition) is 0. The first-order valence-corrected chi connectivity index (χ1v) is 14.8. The Morgan fingerprint density at radius 1 is 0.469 bits per heavy atom. The predicted molar refractivity (Wildman–Crippen MR) is 143 cm³/mol. The Bertz CT molecular complexity index is 937. The summed E-state index contributed by atoms with van der Waals surface area (Å²) in [5, 5.41) is -0.100. The minimum atomic E-state index is -0.121. The Hall–Kier alpha value is -2.26. The van der Waals surface area contributed by atoms with Gasteiger partial charge in [-0.15, -0.1) is 0 Å². The molecule has 5 rings (SSSR count). The molecule has 2 unspecified atom stereocenters. The molecule has 160 valence electrons. The molecule has 1 heterocycles. The van der Waals surface area contributed by atoms with E-state index in [4.69, 9.17) is 0 Å². The smallest absolute Gasteiger partial charge is 0.0546 e. The summed E-state index contributed by atoms with van der Waals surface area (Å²) in [5.74, 6) is 0. The first kappa shape index (κ1) is 21.6. The summed E-state index contributed by atoms with van der Waals surface area (Å²) in [7, 11) is 1.81. The van der Waals surface area contributed by atoms with Gasteiger partial charge in [0, 0.05) is 5.41 Å². The molecule has 1 aliphatic rings. The van der Waals surface area contributed by atoms with E-state index in [0.717, 1.165) is 23.0 Å². The van der Waals surface area contributed by atoms with Gasteiger partial charge < -0.3 is 0 Å². The third kappa shape index (κ3) is 3.65. The van der Waals surface area contributed by atoms with Crippen LogP contribution in [0, 0.1) is 0 Å². The molecule has 0 N–H and O–H groups in total. The number of rotatable bonds is 4. The van der Waals surface area contributed by atoms with E-state index in [1.807, 2.05) is 0 Å². The van der Waals surface area contributed by atoms with Crippen LogP contribution in [-0.4, -0.2) is 6.16 Å². The average molecular weight is 453 g/mol. The van der Waals surface area contributed by atoms with Gasteiger partial charge in [0.2, 0.25) is 0 Å². The van der Waals surface area contributed by atoms with Gasteiger partial charge in [-0.2, -0.15) is 0 Å². The van der Waals surface area contributed by atoms with Crippen LogP contribution < -0.4 is 0 Å². The second-order valence-corrected chi connectivity index (χ2v) is 12.3. The zero-order valence-electron chi connectivity index (χ0n) is 18.4. The molecular formula is C30H30P2. The lowest BCUT2D eigenvalue weighted by atomic mass is 9.58. The van der Waals surface area contributed by atoms with E-state index in [0.29, 0.717) is 0 Å². The summed E-state index contributed by atoms with van der Waals surface area (Å²) in [4.78, 5) is 0. The van der Waals surface area contributed by atoms with Crippen molar-refractivity contribution in [2.45, 2.75) is 29.8 Å². The number of hydrogen-bond acceptors (Lipinski definition) is 0. The molecule has 0 saturated carbocycles. The van der Waals surface area contributed by atoms with Crippen molar-refractivity contribution in [1.29, 1.82) is 0 Å². The van der Waals surface area contributed by atoms with Gasteiger partial charge in [-0.05, 0) is 41.3 Å². The lowest BCUT2D eigenvalue weighted by molar-refractivity contribution is 0.371. The fraction of sp³-hybridized carbons (Fsp3) is 0.200. The molecule has 0 spiro atoms. The van der Waals surface area contributed by atoms with Crippen molar-refractivity contribution < 1.29 is 0 Å². The maximum absolute atomic E-state index is 2.38. The molecular weight excluding hydrogens is 422 g/mol. The largest absolute Gasteiger partial charge is 0.0980 e. The Kier molecular flexibility index (Phi) is 6.54. The molecule has 4 aromatic carbocycles. The maximum Gasteiger partial charge on any atom is 0.0546 e. The molecule has 4 aromatic rings. The van der Waals surface area contributed by atoms with Crippen LogP contribution >= 0.6 is 16.5 Å². The number of benzene rings is 4. The van der Waals surface area contributed by atoms with Gasteiger partial charge in [0.1, 0.15) is 0 Å². The highest BCUT2D eigenvalue weighted by molar-refractivity contribution is 8.12. The highest BCUT2D eigenvalue weighted by Crippen LogP contribution is 2.69. The van der Waals surface area contributed by atoms with Crippen LogP contribution in [-0.2, 0) is 10.6 Å². The standard InChI is InChI=1S/C30H30P2/c1-5-15-25(16-6-1)29(26-17-7-2-8-18-26)23-13-14-24-31-32-30(29,27-19-9-3-10-20-27)28-21-11-4-12-22-28/h1-12,15-22,31-32H,13-14,23-24H2. The summed E-state index contributed by atoms with van der Waals surface area (Å²) in [6.45, 7) is 0. The molecule has 0 amide bonds. The Labute approximate surface area is 196 Å². The molecule has 0 aliphatic carbocycles. The highest BCUT2D eigenvalue weighted by Gasteiger charge is 2.55. The lowest BCUT2D eigenvalue weighted by Crippen LogP contribution is -2.48. The van der Waals surface area contributed by atoms with Crippen LogP contribution in [0.5, 0.6) is 0 Å². The Morgan fingerprint density at radius 3 is 1.31 bits per heavy atom. The molecule has 2 atom stereocenters. The van der Waals surface area contributed by atoms with Gasteiger partial charge in [-0.1, -0.05) is 144 Å². The van der Waals surface area contributed by atoms with E-state index >= 15 is 0 Å². The van der Waals surface area contributed by atoms with Crippen LogP contribution in [0.25, 0.3) is 0 Å². The third-order valence-electron chi connectivity index (χ3n) is 6.97. The summed E-state index contributed by atoms with van der Waals surface area (Å²) in [6.07, 6.45) is 5.08. The molecule has 1 aliphatic heterocycles. The average Bonchev–Trinajstić information content (AvgIpc) is 2.87. The van der Waals surface area contributed by atoms with Crippen LogP contribution in [0.4, 0.5) is 0 Å². The molecule has 0 nitrogen and oxygen atoms in total. The van der Waals surface area contributed by atoms with E-state index in [2.05, 4.69) is 121 Å². The first-order chi connectivity index (χ1) is 15.9. The van der Waals surface area contributed by atoms with Crippen molar-refractivity contribution >= 4 is 16.5 Å². The van der Waals surface area contributed by atoms with Gasteiger partial charge in [0.25, 0.3) is 0 Å². The van der Waals surface area contributed by atoms with Crippen LogP contribution in [0.2, 0.25) is 0 Å². The van der Waals surface area contributed by atoms with Gasteiger partial charge in [-0.3, -0.25) is 0 Å². The van der Waals surface area contributed by atoms with Crippen LogP contribution in [0.15, 0.2) is 121 Å². The SMILES string of the molecule is c1ccc(C2(c3ccccc3)CCCCPPC2(c2ccccc2)c2ccccc2)cc1.